The molecule has 1 atom stereocenters. The summed E-state index contributed by atoms with van der Waals surface area (Å²) in [6.45, 7) is 1.88. The standard InChI is InChI=1S/C17H19N3O4/c1-11-8-9-14(24-2)13(10-11)18-17(23)20-19-16(22)15(21)12-6-4-3-5-7-12/h3-10,15,21H,1-2H3,(H,19,22)(H2,18,20,23)/t15-/m1/s1. The van der Waals surface area contributed by atoms with Gasteiger partial charge in [0.15, 0.2) is 6.10 Å². The van der Waals surface area contributed by atoms with Crippen LogP contribution in [0.2, 0.25) is 0 Å². The Morgan fingerprint density at radius 2 is 1.79 bits per heavy atom. The average molecular weight is 329 g/mol. The first-order valence-electron chi connectivity index (χ1n) is 7.25. The molecule has 0 spiro atoms. The number of methoxy groups -OCH3 is 1. The molecule has 0 radical (unpaired) electrons. The van der Waals surface area contributed by atoms with Crippen molar-refractivity contribution in [3.63, 3.8) is 0 Å². The molecule has 0 saturated carbocycles. The van der Waals surface area contributed by atoms with Crippen LogP contribution in [0.5, 0.6) is 5.75 Å². The highest BCUT2D eigenvalue weighted by Crippen LogP contribution is 2.24. The van der Waals surface area contributed by atoms with Crippen LogP contribution in [-0.4, -0.2) is 24.2 Å². The summed E-state index contributed by atoms with van der Waals surface area (Å²) in [5.74, 6) is -0.251. The molecule has 0 aliphatic carbocycles. The molecule has 126 valence electrons. The minimum Gasteiger partial charge on any atom is -0.495 e. The third-order valence-electron chi connectivity index (χ3n) is 3.27. The molecule has 0 bridgehead atoms. The second-order valence-electron chi connectivity index (χ2n) is 5.09. The van der Waals surface area contributed by atoms with Crippen molar-refractivity contribution in [2.45, 2.75) is 13.0 Å². The van der Waals surface area contributed by atoms with Gasteiger partial charge in [0.1, 0.15) is 5.75 Å². The van der Waals surface area contributed by atoms with E-state index in [-0.39, 0.29) is 0 Å². The van der Waals surface area contributed by atoms with Gasteiger partial charge in [0.25, 0.3) is 5.91 Å². The van der Waals surface area contributed by atoms with Gasteiger partial charge in [0.2, 0.25) is 0 Å². The van der Waals surface area contributed by atoms with Gasteiger partial charge in [-0.05, 0) is 30.2 Å². The van der Waals surface area contributed by atoms with Gasteiger partial charge in [-0.3, -0.25) is 10.2 Å². The summed E-state index contributed by atoms with van der Waals surface area (Å²) < 4.78 is 5.15. The van der Waals surface area contributed by atoms with Gasteiger partial charge in [-0.1, -0.05) is 36.4 Å². The van der Waals surface area contributed by atoms with E-state index in [9.17, 15) is 14.7 Å². The number of aryl methyl sites for hydroxylation is 1. The molecule has 0 aliphatic rings. The molecule has 3 amide bonds. The van der Waals surface area contributed by atoms with Crippen molar-refractivity contribution in [1.29, 1.82) is 0 Å². The Balaban J connectivity index is 1.91. The highest BCUT2D eigenvalue weighted by molar-refractivity contribution is 5.93. The molecule has 0 aliphatic heterocycles. The number of rotatable bonds is 4. The lowest BCUT2D eigenvalue weighted by molar-refractivity contribution is -0.130. The Kier molecular flexibility index (Phi) is 5.75. The molecule has 7 nitrogen and oxygen atoms in total. The number of carbonyl (C=O) groups is 2. The molecule has 0 aromatic heterocycles. The third kappa shape index (κ3) is 4.47. The van der Waals surface area contributed by atoms with Crippen LogP contribution in [0.4, 0.5) is 10.5 Å². The average Bonchev–Trinajstić information content (AvgIpc) is 2.60. The quantitative estimate of drug-likeness (QED) is 0.644. The summed E-state index contributed by atoms with van der Waals surface area (Å²) in [6, 6.07) is 13.1. The molecular weight excluding hydrogens is 310 g/mol. The molecule has 0 fully saturated rings. The Labute approximate surface area is 139 Å². The first kappa shape index (κ1) is 17.3. The molecule has 2 aromatic carbocycles. The molecule has 0 saturated heterocycles. The van der Waals surface area contributed by atoms with Crippen molar-refractivity contribution < 1.29 is 19.4 Å². The summed E-state index contributed by atoms with van der Waals surface area (Å²) in [6.07, 6.45) is -1.37. The predicted molar refractivity (Wildman–Crippen MR) is 89.4 cm³/mol. The van der Waals surface area contributed by atoms with Gasteiger partial charge >= 0.3 is 6.03 Å². The highest BCUT2D eigenvalue weighted by atomic mass is 16.5. The van der Waals surface area contributed by atoms with Gasteiger partial charge < -0.3 is 15.2 Å². The maximum atomic E-state index is 11.9. The van der Waals surface area contributed by atoms with Gasteiger partial charge in [0.05, 0.1) is 12.8 Å². The van der Waals surface area contributed by atoms with Crippen LogP contribution in [0.1, 0.15) is 17.2 Å². The van der Waals surface area contributed by atoms with Gasteiger partial charge in [-0.25, -0.2) is 10.2 Å². The van der Waals surface area contributed by atoms with E-state index in [2.05, 4.69) is 16.2 Å². The SMILES string of the molecule is COc1ccc(C)cc1NC(=O)NNC(=O)[C@H](O)c1ccccc1. The van der Waals surface area contributed by atoms with Crippen molar-refractivity contribution in [2.24, 2.45) is 0 Å². The fourth-order valence-electron chi connectivity index (χ4n) is 2.05. The molecule has 7 heteroatoms. The second kappa shape index (κ2) is 7.98. The van der Waals surface area contributed by atoms with Gasteiger partial charge in [0, 0.05) is 0 Å². The summed E-state index contributed by atoms with van der Waals surface area (Å²) in [4.78, 5) is 23.7. The zero-order valence-corrected chi connectivity index (χ0v) is 13.4. The summed E-state index contributed by atoms with van der Waals surface area (Å²) in [5, 5.41) is 12.5. The fourth-order valence-corrected chi connectivity index (χ4v) is 2.05. The zero-order valence-electron chi connectivity index (χ0n) is 13.4. The number of benzene rings is 2. The Morgan fingerprint density at radius 3 is 2.46 bits per heavy atom. The Morgan fingerprint density at radius 1 is 1.08 bits per heavy atom. The van der Waals surface area contributed by atoms with Crippen LogP contribution >= 0.6 is 0 Å². The minimum atomic E-state index is -1.37. The maximum Gasteiger partial charge on any atom is 0.338 e. The first-order chi connectivity index (χ1) is 11.5. The first-order valence-corrected chi connectivity index (χ1v) is 7.25. The van der Waals surface area contributed by atoms with Crippen LogP contribution in [-0.2, 0) is 4.79 Å². The van der Waals surface area contributed by atoms with Crippen LogP contribution in [0.3, 0.4) is 0 Å². The zero-order chi connectivity index (χ0) is 17.5. The lowest BCUT2D eigenvalue weighted by Gasteiger charge is -2.14. The number of urea groups is 1. The number of hydrogen-bond donors (Lipinski definition) is 4. The number of anilines is 1. The fraction of sp³-hybridized carbons (Fsp3) is 0.176. The van der Waals surface area contributed by atoms with Gasteiger partial charge in [-0.15, -0.1) is 0 Å². The minimum absolute atomic E-state index is 0.428. The van der Waals surface area contributed by atoms with E-state index in [4.69, 9.17) is 4.74 Å². The van der Waals surface area contributed by atoms with Crippen molar-refractivity contribution in [1.82, 2.24) is 10.9 Å². The van der Waals surface area contributed by atoms with Gasteiger partial charge in [-0.2, -0.15) is 0 Å². The smallest absolute Gasteiger partial charge is 0.338 e. The van der Waals surface area contributed by atoms with E-state index in [1.807, 2.05) is 13.0 Å². The molecular formula is C17H19N3O4. The van der Waals surface area contributed by atoms with Crippen LogP contribution in [0.25, 0.3) is 0 Å². The number of nitrogens with one attached hydrogen (secondary N) is 3. The van der Waals surface area contributed by atoms with Crippen molar-refractivity contribution in [2.75, 3.05) is 12.4 Å². The molecule has 4 N–H and O–H groups in total. The molecule has 0 heterocycles. The summed E-state index contributed by atoms with van der Waals surface area (Å²) in [7, 11) is 1.49. The van der Waals surface area contributed by atoms with E-state index in [1.54, 1.807) is 42.5 Å². The molecule has 0 unspecified atom stereocenters. The number of hydrogen-bond acceptors (Lipinski definition) is 4. The van der Waals surface area contributed by atoms with E-state index >= 15 is 0 Å². The van der Waals surface area contributed by atoms with Crippen molar-refractivity contribution >= 4 is 17.6 Å². The largest absolute Gasteiger partial charge is 0.495 e. The number of aliphatic hydroxyl groups excluding tert-OH is 1. The number of carbonyl (C=O) groups excluding carboxylic acids is 2. The Hall–Kier alpha value is -3.06. The number of aliphatic hydroxyl groups is 1. The van der Waals surface area contributed by atoms with Crippen LogP contribution in [0.15, 0.2) is 48.5 Å². The maximum absolute atomic E-state index is 11.9. The number of amides is 3. The lowest BCUT2D eigenvalue weighted by atomic mass is 10.1. The topological polar surface area (TPSA) is 99.7 Å². The molecule has 2 rings (SSSR count). The Bertz CT molecular complexity index is 719. The van der Waals surface area contributed by atoms with Crippen molar-refractivity contribution in [3.05, 3.63) is 59.7 Å². The van der Waals surface area contributed by atoms with Crippen LogP contribution in [0, 0.1) is 6.92 Å². The normalized spacial score (nSPS) is 11.3. The number of ether oxygens (including phenoxy) is 1. The van der Waals surface area contributed by atoms with E-state index < -0.39 is 18.0 Å². The predicted octanol–water partition coefficient (Wildman–Crippen LogP) is 1.89. The summed E-state index contributed by atoms with van der Waals surface area (Å²) in [5.41, 5.74) is 6.18. The highest BCUT2D eigenvalue weighted by Gasteiger charge is 2.17. The number of hydrazine groups is 1. The third-order valence-corrected chi connectivity index (χ3v) is 3.27. The van der Waals surface area contributed by atoms with E-state index in [1.165, 1.54) is 7.11 Å². The second-order valence-corrected chi connectivity index (χ2v) is 5.09. The summed E-state index contributed by atoms with van der Waals surface area (Å²) >= 11 is 0. The van der Waals surface area contributed by atoms with E-state index in [0.717, 1.165) is 5.56 Å². The monoisotopic (exact) mass is 329 g/mol. The molecule has 24 heavy (non-hydrogen) atoms. The van der Waals surface area contributed by atoms with Crippen LogP contribution < -0.4 is 20.9 Å². The van der Waals surface area contributed by atoms with Crippen molar-refractivity contribution in [3.8, 4) is 5.75 Å². The van der Waals surface area contributed by atoms with E-state index in [0.29, 0.717) is 17.0 Å². The molecule has 2 aromatic rings. The lowest BCUT2D eigenvalue weighted by Crippen LogP contribution is -2.45.